The molecule has 116 valence electrons. The van der Waals surface area contributed by atoms with E-state index >= 15 is 0 Å². The summed E-state index contributed by atoms with van der Waals surface area (Å²) in [4.78, 5) is 28.8. The Morgan fingerprint density at radius 2 is 2.05 bits per heavy atom. The molecule has 1 atom stereocenters. The van der Waals surface area contributed by atoms with Crippen LogP contribution in [0.25, 0.3) is 0 Å². The molecule has 5 heteroatoms. The highest BCUT2D eigenvalue weighted by atomic mass is 32.1. The highest BCUT2D eigenvalue weighted by molar-refractivity contribution is 7.11. The van der Waals surface area contributed by atoms with Crippen LogP contribution < -0.4 is 5.32 Å². The number of nitrogens with zero attached hydrogens (tertiary/aromatic N) is 1. The van der Waals surface area contributed by atoms with Crippen LogP contribution in [0.5, 0.6) is 0 Å². The summed E-state index contributed by atoms with van der Waals surface area (Å²) in [6.07, 6.45) is 2.12. The zero-order chi connectivity index (χ0) is 15.4. The van der Waals surface area contributed by atoms with Crippen LogP contribution in [0.1, 0.15) is 43.4 Å². The van der Waals surface area contributed by atoms with Crippen LogP contribution in [-0.2, 0) is 22.6 Å². The lowest BCUT2D eigenvalue weighted by molar-refractivity contribution is -0.134. The summed E-state index contributed by atoms with van der Waals surface area (Å²) in [6, 6.07) is 3.84. The molecule has 0 bridgehead atoms. The largest absolute Gasteiger partial charge is 0.344 e. The molecule has 1 aromatic heterocycles. The third kappa shape index (κ3) is 4.30. The van der Waals surface area contributed by atoms with Gasteiger partial charge in [-0.1, -0.05) is 20.8 Å². The molecule has 0 aromatic carbocycles. The number of thiophene rings is 1. The minimum atomic E-state index is -0.370. The topological polar surface area (TPSA) is 49.4 Å². The van der Waals surface area contributed by atoms with Crippen molar-refractivity contribution in [3.8, 4) is 0 Å². The second kappa shape index (κ2) is 7.07. The summed E-state index contributed by atoms with van der Waals surface area (Å²) in [6.45, 7) is 7.41. The molecular weight excluding hydrogens is 284 g/mol. The van der Waals surface area contributed by atoms with Gasteiger partial charge >= 0.3 is 0 Å². The molecule has 0 spiro atoms. The monoisotopic (exact) mass is 308 g/mol. The van der Waals surface area contributed by atoms with Crippen molar-refractivity contribution in [3.63, 3.8) is 0 Å². The minimum absolute atomic E-state index is 0.0167. The van der Waals surface area contributed by atoms with Crippen molar-refractivity contribution < 1.29 is 9.59 Å². The molecule has 0 radical (unpaired) electrons. The number of hydrogen-bond acceptors (Lipinski definition) is 3. The SMILES string of the molecule is CCc1ccc(CN2CCC(=O)NC(CC(C)C)C2=O)s1. The van der Waals surface area contributed by atoms with Gasteiger partial charge in [-0.05, 0) is 30.9 Å². The normalized spacial score (nSPS) is 19.8. The first-order valence-corrected chi connectivity index (χ1v) is 8.47. The van der Waals surface area contributed by atoms with E-state index in [0.717, 1.165) is 6.42 Å². The standard InChI is InChI=1S/C16H24N2O2S/c1-4-12-5-6-13(21-12)10-18-8-7-15(19)17-14(16(18)20)9-11(2)3/h5-6,11,14H,4,7-10H2,1-3H3,(H,17,19). The highest BCUT2D eigenvalue weighted by Gasteiger charge is 2.30. The Kier molecular flexibility index (Phi) is 5.39. The van der Waals surface area contributed by atoms with Crippen LogP contribution in [0.4, 0.5) is 0 Å². The molecule has 1 aromatic rings. The Hall–Kier alpha value is -1.36. The quantitative estimate of drug-likeness (QED) is 0.909. The van der Waals surface area contributed by atoms with E-state index in [9.17, 15) is 9.59 Å². The van der Waals surface area contributed by atoms with Crippen molar-refractivity contribution in [3.05, 3.63) is 21.9 Å². The Balaban J connectivity index is 2.09. The number of carbonyl (C=O) groups excluding carboxylic acids is 2. The predicted octanol–water partition coefficient (Wildman–Crippen LogP) is 2.57. The van der Waals surface area contributed by atoms with E-state index in [1.807, 2.05) is 4.90 Å². The molecule has 0 aliphatic carbocycles. The van der Waals surface area contributed by atoms with Gasteiger partial charge in [0, 0.05) is 22.7 Å². The number of nitrogens with one attached hydrogen (secondary N) is 1. The van der Waals surface area contributed by atoms with Crippen molar-refractivity contribution in [1.82, 2.24) is 10.2 Å². The summed E-state index contributed by atoms with van der Waals surface area (Å²) >= 11 is 1.75. The van der Waals surface area contributed by atoms with Gasteiger partial charge in [-0.3, -0.25) is 9.59 Å². The second-order valence-electron chi connectivity index (χ2n) is 5.98. The van der Waals surface area contributed by atoms with Gasteiger partial charge < -0.3 is 10.2 Å². The average molecular weight is 308 g/mol. The molecule has 2 rings (SSSR count). The molecule has 4 nitrogen and oxygen atoms in total. The van der Waals surface area contributed by atoms with Crippen LogP contribution in [0.15, 0.2) is 12.1 Å². The van der Waals surface area contributed by atoms with E-state index in [2.05, 4.69) is 38.2 Å². The van der Waals surface area contributed by atoms with Crippen molar-refractivity contribution in [2.75, 3.05) is 6.54 Å². The predicted molar refractivity (Wildman–Crippen MR) is 85.1 cm³/mol. The van der Waals surface area contributed by atoms with Crippen molar-refractivity contribution in [1.29, 1.82) is 0 Å². The lowest BCUT2D eigenvalue weighted by atomic mass is 10.0. The highest BCUT2D eigenvalue weighted by Crippen LogP contribution is 2.21. The maximum Gasteiger partial charge on any atom is 0.245 e. The summed E-state index contributed by atoms with van der Waals surface area (Å²) in [7, 11) is 0. The Labute approximate surface area is 130 Å². The van der Waals surface area contributed by atoms with E-state index in [1.54, 1.807) is 11.3 Å². The van der Waals surface area contributed by atoms with Gasteiger partial charge in [-0.2, -0.15) is 0 Å². The number of rotatable bonds is 5. The summed E-state index contributed by atoms with van der Waals surface area (Å²) in [5.41, 5.74) is 0. The number of amides is 2. The Morgan fingerprint density at radius 1 is 1.33 bits per heavy atom. The van der Waals surface area contributed by atoms with Gasteiger partial charge in [0.15, 0.2) is 0 Å². The third-order valence-electron chi connectivity index (χ3n) is 3.67. The van der Waals surface area contributed by atoms with Gasteiger partial charge in [0.1, 0.15) is 6.04 Å². The van der Waals surface area contributed by atoms with Crippen LogP contribution >= 0.6 is 11.3 Å². The fourth-order valence-corrected chi connectivity index (χ4v) is 3.54. The van der Waals surface area contributed by atoms with Crippen molar-refractivity contribution in [2.24, 2.45) is 5.92 Å². The lowest BCUT2D eigenvalue weighted by Gasteiger charge is -2.24. The number of aryl methyl sites for hydroxylation is 1. The molecule has 1 saturated heterocycles. The summed E-state index contributed by atoms with van der Waals surface area (Å²) in [5, 5.41) is 2.87. The minimum Gasteiger partial charge on any atom is -0.344 e. The molecule has 1 aliphatic rings. The maximum atomic E-state index is 12.6. The molecule has 2 heterocycles. The Bertz CT molecular complexity index is 510. The van der Waals surface area contributed by atoms with Gasteiger partial charge in [-0.25, -0.2) is 0 Å². The van der Waals surface area contributed by atoms with E-state index in [1.165, 1.54) is 9.75 Å². The van der Waals surface area contributed by atoms with Crippen LogP contribution in [0, 0.1) is 5.92 Å². The van der Waals surface area contributed by atoms with Crippen LogP contribution in [-0.4, -0.2) is 29.3 Å². The summed E-state index contributed by atoms with van der Waals surface area (Å²) < 4.78 is 0. The van der Waals surface area contributed by atoms with E-state index in [-0.39, 0.29) is 17.9 Å². The van der Waals surface area contributed by atoms with Gasteiger partial charge in [0.25, 0.3) is 0 Å². The second-order valence-corrected chi connectivity index (χ2v) is 7.23. The van der Waals surface area contributed by atoms with Gasteiger partial charge in [0.2, 0.25) is 11.8 Å². The van der Waals surface area contributed by atoms with Gasteiger partial charge in [0.05, 0.1) is 6.54 Å². The molecule has 2 amide bonds. The van der Waals surface area contributed by atoms with E-state index in [4.69, 9.17) is 0 Å². The smallest absolute Gasteiger partial charge is 0.245 e. The molecular formula is C16H24N2O2S. The van der Waals surface area contributed by atoms with E-state index < -0.39 is 0 Å². The number of carbonyl (C=O) groups is 2. The lowest BCUT2D eigenvalue weighted by Crippen LogP contribution is -2.45. The maximum absolute atomic E-state index is 12.6. The van der Waals surface area contributed by atoms with Crippen molar-refractivity contribution in [2.45, 2.75) is 52.6 Å². The molecule has 21 heavy (non-hydrogen) atoms. The first kappa shape index (κ1) is 16.0. The Morgan fingerprint density at radius 3 is 2.67 bits per heavy atom. The first-order valence-electron chi connectivity index (χ1n) is 7.65. The zero-order valence-corrected chi connectivity index (χ0v) is 13.8. The molecule has 1 aliphatic heterocycles. The summed E-state index contributed by atoms with van der Waals surface area (Å²) in [5.74, 6) is 0.422. The molecule has 0 saturated carbocycles. The molecule has 1 N–H and O–H groups in total. The fraction of sp³-hybridized carbons (Fsp3) is 0.625. The molecule has 1 fully saturated rings. The first-order chi connectivity index (χ1) is 9.99. The van der Waals surface area contributed by atoms with E-state index in [0.29, 0.717) is 31.8 Å². The zero-order valence-electron chi connectivity index (χ0n) is 13.0. The van der Waals surface area contributed by atoms with Crippen LogP contribution in [0.3, 0.4) is 0 Å². The van der Waals surface area contributed by atoms with Gasteiger partial charge in [-0.15, -0.1) is 11.3 Å². The average Bonchev–Trinajstić information content (AvgIpc) is 2.84. The number of hydrogen-bond donors (Lipinski definition) is 1. The van der Waals surface area contributed by atoms with Crippen molar-refractivity contribution >= 4 is 23.2 Å². The molecule has 1 unspecified atom stereocenters. The van der Waals surface area contributed by atoms with Crippen LogP contribution in [0.2, 0.25) is 0 Å². The third-order valence-corrected chi connectivity index (χ3v) is 4.89. The fourth-order valence-electron chi connectivity index (χ4n) is 2.57.